The quantitative estimate of drug-likeness (QED) is 0.430. The average molecular weight is 536 g/mol. The van der Waals surface area contributed by atoms with Gasteiger partial charge in [-0.15, -0.1) is 10.2 Å². The van der Waals surface area contributed by atoms with Crippen molar-refractivity contribution in [2.24, 2.45) is 5.92 Å². The summed E-state index contributed by atoms with van der Waals surface area (Å²) in [4.78, 5) is 12.8. The molecular weight excluding hydrogens is 506 g/mol. The van der Waals surface area contributed by atoms with E-state index in [1.807, 2.05) is 10.6 Å². The van der Waals surface area contributed by atoms with Crippen molar-refractivity contribution in [2.75, 3.05) is 18.9 Å². The van der Waals surface area contributed by atoms with Crippen molar-refractivity contribution in [3.8, 4) is 17.4 Å². The zero-order chi connectivity index (χ0) is 25.9. The highest BCUT2D eigenvalue weighted by Crippen LogP contribution is 2.38. The van der Waals surface area contributed by atoms with E-state index in [0.717, 1.165) is 25.7 Å². The molecular formula is C23H30ClN7O4S. The molecule has 3 heterocycles. The fraction of sp³-hybridized carbons (Fsp3) is 0.522. The van der Waals surface area contributed by atoms with E-state index >= 15 is 0 Å². The minimum atomic E-state index is -4.00. The molecule has 0 spiro atoms. The Kier molecular flexibility index (Phi) is 8.06. The predicted octanol–water partition coefficient (Wildman–Crippen LogP) is 4.06. The van der Waals surface area contributed by atoms with Crippen molar-refractivity contribution in [2.45, 2.75) is 56.9 Å². The van der Waals surface area contributed by atoms with Gasteiger partial charge in [0.15, 0.2) is 11.6 Å². The molecule has 11 nitrogen and oxygen atoms in total. The summed E-state index contributed by atoms with van der Waals surface area (Å²) in [5.41, 5.74) is 0.544. The van der Waals surface area contributed by atoms with E-state index in [-0.39, 0.29) is 17.8 Å². The van der Waals surface area contributed by atoms with Gasteiger partial charge in [0.2, 0.25) is 21.9 Å². The van der Waals surface area contributed by atoms with E-state index in [0.29, 0.717) is 28.3 Å². The Morgan fingerprint density at radius 3 is 2.53 bits per heavy atom. The third-order valence-electron chi connectivity index (χ3n) is 6.55. The first-order valence-electron chi connectivity index (χ1n) is 11.7. The number of anilines is 1. The highest BCUT2D eigenvalue weighted by atomic mass is 35.5. The first-order valence-corrected chi connectivity index (χ1v) is 13.7. The second kappa shape index (κ2) is 11.1. The SMILES string of the molecule is COc1cccc(-c2nnc(NS(=O)(=O)C(C)C(OC)c3ncc(Cl)cn3)n2[C@@H]2CCCC[C@@H]2C)n1. The number of aromatic nitrogens is 6. The molecule has 1 saturated carbocycles. The molecule has 0 aliphatic heterocycles. The fourth-order valence-corrected chi connectivity index (χ4v) is 5.78. The number of nitrogens with one attached hydrogen (secondary N) is 1. The fourth-order valence-electron chi connectivity index (χ4n) is 4.54. The molecule has 4 rings (SSSR count). The lowest BCUT2D eigenvalue weighted by molar-refractivity contribution is 0.0950. The third kappa shape index (κ3) is 5.45. The molecule has 1 fully saturated rings. The van der Waals surface area contributed by atoms with E-state index in [4.69, 9.17) is 21.1 Å². The van der Waals surface area contributed by atoms with E-state index in [2.05, 4.69) is 36.8 Å². The summed E-state index contributed by atoms with van der Waals surface area (Å²) in [6.07, 6.45) is 5.93. The Balaban J connectivity index is 1.72. The number of halogens is 1. The van der Waals surface area contributed by atoms with Crippen molar-refractivity contribution in [1.82, 2.24) is 29.7 Å². The third-order valence-corrected chi connectivity index (χ3v) is 8.44. The molecule has 2 unspecified atom stereocenters. The number of hydrogen-bond donors (Lipinski definition) is 1. The lowest BCUT2D eigenvalue weighted by Crippen LogP contribution is -2.34. The summed E-state index contributed by atoms with van der Waals surface area (Å²) in [5, 5.41) is 7.89. The van der Waals surface area contributed by atoms with Crippen LogP contribution in [0.1, 0.15) is 57.5 Å². The lowest BCUT2D eigenvalue weighted by atomic mass is 9.85. The molecule has 1 N–H and O–H groups in total. The Hall–Kier alpha value is -2.83. The van der Waals surface area contributed by atoms with E-state index in [9.17, 15) is 8.42 Å². The summed E-state index contributed by atoms with van der Waals surface area (Å²) in [6, 6.07) is 5.35. The van der Waals surface area contributed by atoms with Crippen LogP contribution in [0.2, 0.25) is 5.02 Å². The molecule has 3 aromatic rings. The molecule has 0 radical (unpaired) electrons. The number of sulfonamides is 1. The number of methoxy groups -OCH3 is 2. The maximum absolute atomic E-state index is 13.5. The van der Waals surface area contributed by atoms with Crippen molar-refractivity contribution in [3.63, 3.8) is 0 Å². The molecule has 0 bridgehead atoms. The molecule has 0 amide bonds. The van der Waals surface area contributed by atoms with Gasteiger partial charge in [-0.05, 0) is 31.7 Å². The minimum Gasteiger partial charge on any atom is -0.481 e. The summed E-state index contributed by atoms with van der Waals surface area (Å²) in [5.74, 6) is 1.55. The van der Waals surface area contributed by atoms with Crippen LogP contribution in [0.15, 0.2) is 30.6 Å². The van der Waals surface area contributed by atoms with Gasteiger partial charge in [-0.2, -0.15) is 0 Å². The van der Waals surface area contributed by atoms with Crippen LogP contribution in [0.4, 0.5) is 5.95 Å². The van der Waals surface area contributed by atoms with E-state index in [1.54, 1.807) is 12.1 Å². The van der Waals surface area contributed by atoms with Gasteiger partial charge in [0.1, 0.15) is 17.0 Å². The Morgan fingerprint density at radius 1 is 1.14 bits per heavy atom. The van der Waals surface area contributed by atoms with Crippen LogP contribution in [0.5, 0.6) is 5.88 Å². The average Bonchev–Trinajstić information content (AvgIpc) is 3.28. The Labute approximate surface area is 215 Å². The molecule has 4 atom stereocenters. The van der Waals surface area contributed by atoms with Crippen molar-refractivity contribution in [3.05, 3.63) is 41.4 Å². The predicted molar refractivity (Wildman–Crippen MR) is 135 cm³/mol. The second-order valence-electron chi connectivity index (χ2n) is 8.88. The Morgan fingerprint density at radius 2 is 1.86 bits per heavy atom. The molecule has 0 saturated heterocycles. The van der Waals surface area contributed by atoms with Crippen LogP contribution in [0, 0.1) is 5.92 Å². The molecule has 1 aliphatic carbocycles. The maximum Gasteiger partial charge on any atom is 0.240 e. The number of pyridine rings is 1. The highest BCUT2D eigenvalue weighted by Gasteiger charge is 2.36. The van der Waals surface area contributed by atoms with Gasteiger partial charge >= 0.3 is 0 Å². The van der Waals surface area contributed by atoms with Gasteiger partial charge in [-0.25, -0.2) is 23.4 Å². The number of ether oxygens (including phenoxy) is 2. The topological polar surface area (TPSA) is 134 Å². The molecule has 0 aromatic carbocycles. The van der Waals surface area contributed by atoms with Gasteiger partial charge in [0.25, 0.3) is 0 Å². The zero-order valence-corrected chi connectivity index (χ0v) is 22.2. The van der Waals surface area contributed by atoms with Crippen LogP contribution in [-0.4, -0.2) is 57.6 Å². The monoisotopic (exact) mass is 535 g/mol. The highest BCUT2D eigenvalue weighted by molar-refractivity contribution is 7.93. The smallest absolute Gasteiger partial charge is 0.240 e. The largest absolute Gasteiger partial charge is 0.481 e. The van der Waals surface area contributed by atoms with Crippen molar-refractivity contribution >= 4 is 27.6 Å². The number of hydrogen-bond acceptors (Lipinski definition) is 9. The van der Waals surface area contributed by atoms with Crippen LogP contribution in [0.25, 0.3) is 11.5 Å². The van der Waals surface area contributed by atoms with Gasteiger partial charge in [-0.1, -0.05) is 37.4 Å². The van der Waals surface area contributed by atoms with Crippen molar-refractivity contribution < 1.29 is 17.9 Å². The van der Waals surface area contributed by atoms with Gasteiger partial charge < -0.3 is 9.47 Å². The summed E-state index contributed by atoms with van der Waals surface area (Å²) < 4.78 is 42.3. The molecule has 3 aromatic heterocycles. The first kappa shape index (κ1) is 26.2. The normalized spacial score (nSPS) is 20.0. The summed E-state index contributed by atoms with van der Waals surface area (Å²) in [6.45, 7) is 3.69. The number of nitrogens with zero attached hydrogens (tertiary/aromatic N) is 6. The second-order valence-corrected chi connectivity index (χ2v) is 11.4. The number of rotatable bonds is 9. The van der Waals surface area contributed by atoms with E-state index < -0.39 is 21.4 Å². The molecule has 1 aliphatic rings. The van der Waals surface area contributed by atoms with Crippen LogP contribution in [-0.2, 0) is 14.8 Å². The summed E-state index contributed by atoms with van der Waals surface area (Å²) >= 11 is 5.88. The standard InChI is InChI=1S/C23H30ClN7O4S/c1-14-8-5-6-10-18(14)31-22(17-9-7-11-19(27-17)34-3)28-29-23(31)30-36(32,33)15(2)20(35-4)21-25-12-16(24)13-26-21/h7,9,11-15,18,20H,5-6,8,10H2,1-4H3,(H,29,30)/t14-,15?,18+,20?/m0/s1. The Bertz CT molecular complexity index is 1290. The molecule has 13 heteroatoms. The van der Waals surface area contributed by atoms with Crippen molar-refractivity contribution in [1.29, 1.82) is 0 Å². The first-order chi connectivity index (χ1) is 17.2. The minimum absolute atomic E-state index is 0.00239. The van der Waals surface area contributed by atoms with Gasteiger partial charge in [-0.3, -0.25) is 9.29 Å². The van der Waals surface area contributed by atoms with Crippen LogP contribution in [0.3, 0.4) is 0 Å². The van der Waals surface area contributed by atoms with Crippen LogP contribution < -0.4 is 9.46 Å². The molecule has 194 valence electrons. The molecule has 36 heavy (non-hydrogen) atoms. The maximum atomic E-state index is 13.5. The summed E-state index contributed by atoms with van der Waals surface area (Å²) in [7, 11) is -1.05. The lowest BCUT2D eigenvalue weighted by Gasteiger charge is -2.32. The van der Waals surface area contributed by atoms with E-state index in [1.165, 1.54) is 33.5 Å². The van der Waals surface area contributed by atoms with Gasteiger partial charge in [0, 0.05) is 31.6 Å². The zero-order valence-electron chi connectivity index (χ0n) is 20.6. The van der Waals surface area contributed by atoms with Crippen LogP contribution >= 0.6 is 11.6 Å². The van der Waals surface area contributed by atoms with Gasteiger partial charge in [0.05, 0.1) is 12.1 Å².